The second kappa shape index (κ2) is 3.65. The molecule has 86 valence electrons. The Hall–Kier alpha value is -1.25. The van der Waals surface area contributed by atoms with Gasteiger partial charge in [-0.25, -0.2) is 0 Å². The van der Waals surface area contributed by atoms with Gasteiger partial charge in [0.15, 0.2) is 0 Å². The van der Waals surface area contributed by atoms with Crippen molar-refractivity contribution < 1.29 is 0 Å². The first-order valence-corrected chi connectivity index (χ1v) is 6.28. The minimum absolute atomic E-state index is 0.0362. The molecular weight excluding hydrogens is 200 g/mol. The zero-order valence-electron chi connectivity index (χ0n) is 9.48. The second-order valence-corrected chi connectivity index (χ2v) is 5.10. The molecule has 0 atom stereocenters. The first-order chi connectivity index (χ1) is 7.77. The highest BCUT2D eigenvalue weighted by molar-refractivity contribution is 5.37. The van der Waals surface area contributed by atoms with E-state index in [1.165, 1.54) is 31.4 Å². The van der Waals surface area contributed by atoms with Crippen LogP contribution in [0.4, 0.5) is 5.69 Å². The van der Waals surface area contributed by atoms with E-state index < -0.39 is 0 Å². The van der Waals surface area contributed by atoms with Crippen molar-refractivity contribution in [1.29, 1.82) is 0 Å². The topological polar surface area (TPSA) is 48.0 Å². The van der Waals surface area contributed by atoms with E-state index in [0.717, 1.165) is 12.8 Å². The molecule has 3 heteroatoms. The molecule has 0 bridgehead atoms. The molecule has 1 aromatic rings. The van der Waals surface area contributed by atoms with Crippen LogP contribution in [-0.2, 0) is 0 Å². The van der Waals surface area contributed by atoms with E-state index in [4.69, 9.17) is 5.73 Å². The van der Waals surface area contributed by atoms with Gasteiger partial charge < -0.3 is 10.3 Å². The zero-order chi connectivity index (χ0) is 11.1. The van der Waals surface area contributed by atoms with E-state index in [1.807, 2.05) is 4.57 Å². The van der Waals surface area contributed by atoms with Crippen LogP contribution in [-0.4, -0.2) is 4.57 Å². The minimum atomic E-state index is 0.0362. The zero-order valence-corrected chi connectivity index (χ0v) is 9.48. The van der Waals surface area contributed by atoms with Crippen molar-refractivity contribution in [3.63, 3.8) is 0 Å². The highest BCUT2D eigenvalue weighted by Crippen LogP contribution is 2.39. The summed E-state index contributed by atoms with van der Waals surface area (Å²) < 4.78 is 1.99. The third-order valence-electron chi connectivity index (χ3n) is 4.14. The Morgan fingerprint density at radius 2 is 1.81 bits per heavy atom. The van der Waals surface area contributed by atoms with Crippen molar-refractivity contribution >= 4 is 5.69 Å². The minimum Gasteiger partial charge on any atom is -0.394 e. The number of hydrogen-bond donors (Lipinski definition) is 1. The SMILES string of the molecule is Nc1ccc(C2CCC2)n(C2CCC2)c1=O. The Balaban J connectivity index is 2.08. The quantitative estimate of drug-likeness (QED) is 0.828. The summed E-state index contributed by atoms with van der Waals surface area (Å²) in [5.41, 5.74) is 7.40. The lowest BCUT2D eigenvalue weighted by molar-refractivity contribution is 0.281. The van der Waals surface area contributed by atoms with E-state index >= 15 is 0 Å². The summed E-state index contributed by atoms with van der Waals surface area (Å²) in [7, 11) is 0. The maximum absolute atomic E-state index is 12.1. The monoisotopic (exact) mass is 218 g/mol. The number of pyridine rings is 1. The van der Waals surface area contributed by atoms with Gasteiger partial charge in [-0.15, -0.1) is 0 Å². The predicted molar refractivity (Wildman–Crippen MR) is 64.6 cm³/mol. The molecule has 0 unspecified atom stereocenters. The van der Waals surface area contributed by atoms with Gasteiger partial charge in [-0.2, -0.15) is 0 Å². The molecule has 0 saturated heterocycles. The molecule has 16 heavy (non-hydrogen) atoms. The van der Waals surface area contributed by atoms with E-state index in [2.05, 4.69) is 6.07 Å². The van der Waals surface area contributed by atoms with Gasteiger partial charge in [0.2, 0.25) is 0 Å². The lowest BCUT2D eigenvalue weighted by Crippen LogP contribution is -2.34. The van der Waals surface area contributed by atoms with Crippen LogP contribution in [0.25, 0.3) is 0 Å². The maximum Gasteiger partial charge on any atom is 0.274 e. The number of nitrogen functional groups attached to an aromatic ring is 1. The largest absolute Gasteiger partial charge is 0.394 e. The predicted octanol–water partition coefficient (Wildman–Crippen LogP) is 2.42. The van der Waals surface area contributed by atoms with Gasteiger partial charge in [0.05, 0.1) is 5.69 Å². The van der Waals surface area contributed by atoms with Crippen molar-refractivity contribution in [3.05, 3.63) is 28.2 Å². The Morgan fingerprint density at radius 3 is 2.31 bits per heavy atom. The number of aromatic nitrogens is 1. The summed E-state index contributed by atoms with van der Waals surface area (Å²) in [5, 5.41) is 0. The van der Waals surface area contributed by atoms with Crippen LogP contribution in [0.1, 0.15) is 56.2 Å². The maximum atomic E-state index is 12.1. The molecule has 2 aliphatic carbocycles. The van der Waals surface area contributed by atoms with E-state index in [1.54, 1.807) is 6.07 Å². The fraction of sp³-hybridized carbons (Fsp3) is 0.615. The van der Waals surface area contributed by atoms with Crippen LogP contribution in [0.15, 0.2) is 16.9 Å². The summed E-state index contributed by atoms with van der Waals surface area (Å²) in [6.45, 7) is 0. The Morgan fingerprint density at radius 1 is 1.12 bits per heavy atom. The molecule has 0 radical (unpaired) electrons. The summed E-state index contributed by atoms with van der Waals surface area (Å²) in [6.07, 6.45) is 7.29. The van der Waals surface area contributed by atoms with Gasteiger partial charge in [-0.05, 0) is 50.2 Å². The third-order valence-corrected chi connectivity index (χ3v) is 4.14. The molecule has 0 amide bonds. The normalized spacial score (nSPS) is 21.5. The number of hydrogen-bond acceptors (Lipinski definition) is 2. The third kappa shape index (κ3) is 1.38. The number of anilines is 1. The molecule has 2 fully saturated rings. The van der Waals surface area contributed by atoms with Gasteiger partial charge in [0, 0.05) is 11.7 Å². The molecule has 2 N–H and O–H groups in total. The first-order valence-electron chi connectivity index (χ1n) is 6.28. The smallest absolute Gasteiger partial charge is 0.274 e. The van der Waals surface area contributed by atoms with Crippen molar-refractivity contribution in [1.82, 2.24) is 4.57 Å². The van der Waals surface area contributed by atoms with Crippen LogP contribution < -0.4 is 11.3 Å². The summed E-state index contributed by atoms with van der Waals surface area (Å²) in [5.74, 6) is 0.605. The molecule has 0 aliphatic heterocycles. The molecule has 1 aromatic heterocycles. The summed E-state index contributed by atoms with van der Waals surface area (Å²) >= 11 is 0. The van der Waals surface area contributed by atoms with E-state index in [9.17, 15) is 4.79 Å². The van der Waals surface area contributed by atoms with E-state index in [0.29, 0.717) is 17.6 Å². The second-order valence-electron chi connectivity index (χ2n) is 5.10. The fourth-order valence-corrected chi connectivity index (χ4v) is 2.64. The van der Waals surface area contributed by atoms with Gasteiger partial charge in [0.1, 0.15) is 0 Å². The van der Waals surface area contributed by atoms with Crippen LogP contribution >= 0.6 is 0 Å². The van der Waals surface area contributed by atoms with Crippen molar-refractivity contribution in [2.75, 3.05) is 5.73 Å². The van der Waals surface area contributed by atoms with Crippen LogP contribution in [0.3, 0.4) is 0 Å². The number of rotatable bonds is 2. The molecular formula is C13H18N2O. The summed E-state index contributed by atoms with van der Waals surface area (Å²) in [6, 6.07) is 4.27. The first kappa shape index (κ1) is 9.94. The Bertz CT molecular complexity index is 455. The van der Waals surface area contributed by atoms with Gasteiger partial charge in [0.25, 0.3) is 5.56 Å². The molecule has 3 rings (SSSR count). The molecule has 3 nitrogen and oxygen atoms in total. The number of nitrogens with zero attached hydrogens (tertiary/aromatic N) is 1. The van der Waals surface area contributed by atoms with Gasteiger partial charge in [-0.3, -0.25) is 4.79 Å². The van der Waals surface area contributed by atoms with Crippen molar-refractivity contribution in [2.45, 2.75) is 50.5 Å². The average Bonchev–Trinajstić information content (AvgIpc) is 2.11. The summed E-state index contributed by atoms with van der Waals surface area (Å²) in [4.78, 5) is 12.1. The van der Waals surface area contributed by atoms with Gasteiger partial charge in [-0.1, -0.05) is 6.42 Å². The molecule has 0 aromatic carbocycles. The van der Waals surface area contributed by atoms with Crippen LogP contribution in [0, 0.1) is 0 Å². The van der Waals surface area contributed by atoms with Crippen molar-refractivity contribution in [2.24, 2.45) is 0 Å². The van der Waals surface area contributed by atoms with E-state index in [-0.39, 0.29) is 5.56 Å². The number of nitrogens with two attached hydrogens (primary N) is 1. The molecule has 2 aliphatic rings. The molecule has 1 heterocycles. The van der Waals surface area contributed by atoms with Crippen LogP contribution in [0.2, 0.25) is 0 Å². The highest BCUT2D eigenvalue weighted by Gasteiger charge is 2.28. The Labute approximate surface area is 95.3 Å². The average molecular weight is 218 g/mol. The lowest BCUT2D eigenvalue weighted by Gasteiger charge is -2.35. The van der Waals surface area contributed by atoms with Gasteiger partial charge >= 0.3 is 0 Å². The lowest BCUT2D eigenvalue weighted by atomic mass is 9.81. The fourth-order valence-electron chi connectivity index (χ4n) is 2.64. The highest BCUT2D eigenvalue weighted by atomic mass is 16.1. The standard InChI is InChI=1S/C13H18N2O/c14-11-7-8-12(9-3-1-4-9)15(13(11)16)10-5-2-6-10/h7-10H,1-6,14H2. The Kier molecular flexibility index (Phi) is 2.27. The molecule has 2 saturated carbocycles. The van der Waals surface area contributed by atoms with Crippen LogP contribution in [0.5, 0.6) is 0 Å². The van der Waals surface area contributed by atoms with Crippen molar-refractivity contribution in [3.8, 4) is 0 Å². The molecule has 0 spiro atoms.